The molecule has 1 rings (SSSR count). The summed E-state index contributed by atoms with van der Waals surface area (Å²) in [6.07, 6.45) is 0.912. The minimum Gasteiger partial charge on any atom is -0.395 e. The van der Waals surface area contributed by atoms with Gasteiger partial charge < -0.3 is 16.0 Å². The first-order chi connectivity index (χ1) is 7.93. The van der Waals surface area contributed by atoms with Gasteiger partial charge in [-0.25, -0.2) is 0 Å². The third kappa shape index (κ3) is 3.45. The molecule has 0 radical (unpaired) electrons. The van der Waals surface area contributed by atoms with Crippen molar-refractivity contribution in [2.75, 3.05) is 32.9 Å². The number of nitrogens with two attached hydrogens (primary N) is 1. The van der Waals surface area contributed by atoms with Crippen LogP contribution in [0.3, 0.4) is 0 Å². The number of rotatable bonds is 5. The van der Waals surface area contributed by atoms with E-state index in [1.54, 1.807) is 14.0 Å². The zero-order chi connectivity index (χ0) is 13.0. The molecule has 1 aromatic heterocycles. The molecule has 0 spiro atoms. The van der Waals surface area contributed by atoms with E-state index in [1.807, 2.05) is 14.1 Å². The zero-order valence-corrected chi connectivity index (χ0v) is 10.9. The van der Waals surface area contributed by atoms with E-state index in [4.69, 9.17) is 5.73 Å². The second-order valence-electron chi connectivity index (χ2n) is 4.38. The van der Waals surface area contributed by atoms with Crippen LogP contribution in [0.4, 0.5) is 5.69 Å². The Morgan fingerprint density at radius 3 is 2.65 bits per heavy atom. The topological polar surface area (TPSA) is 76.2 Å². The maximum atomic E-state index is 11.9. The molecule has 0 bridgehead atoms. The van der Waals surface area contributed by atoms with E-state index < -0.39 is 0 Å². The highest BCUT2D eigenvalue weighted by Crippen LogP contribution is 2.14. The lowest BCUT2D eigenvalue weighted by Gasteiger charge is -2.10. The van der Waals surface area contributed by atoms with Crippen molar-refractivity contribution in [1.82, 2.24) is 20.0 Å². The van der Waals surface area contributed by atoms with Gasteiger partial charge in [-0.05, 0) is 34.0 Å². The standard InChI is InChI=1S/C11H21N5O/c1-8-9(12)10(16(4)14-8)11(17)13-6-5-7-15(2)3/h5-7,12H2,1-4H3,(H,13,17). The molecule has 0 aromatic carbocycles. The van der Waals surface area contributed by atoms with Gasteiger partial charge in [0.05, 0.1) is 11.4 Å². The minimum absolute atomic E-state index is 0.163. The van der Waals surface area contributed by atoms with E-state index in [1.165, 1.54) is 4.68 Å². The molecular formula is C11H21N5O. The van der Waals surface area contributed by atoms with Crippen molar-refractivity contribution in [2.45, 2.75) is 13.3 Å². The van der Waals surface area contributed by atoms with E-state index >= 15 is 0 Å². The highest BCUT2D eigenvalue weighted by molar-refractivity contribution is 5.97. The van der Waals surface area contributed by atoms with Crippen LogP contribution in [0.2, 0.25) is 0 Å². The van der Waals surface area contributed by atoms with Gasteiger partial charge in [-0.2, -0.15) is 5.10 Å². The van der Waals surface area contributed by atoms with Crippen LogP contribution in [-0.4, -0.2) is 47.8 Å². The molecule has 1 heterocycles. The number of nitrogens with zero attached hydrogens (tertiary/aromatic N) is 3. The summed E-state index contributed by atoms with van der Waals surface area (Å²) in [7, 11) is 5.73. The summed E-state index contributed by atoms with van der Waals surface area (Å²) in [5.41, 5.74) is 7.38. The van der Waals surface area contributed by atoms with E-state index in [-0.39, 0.29) is 5.91 Å². The fourth-order valence-corrected chi connectivity index (χ4v) is 1.62. The predicted molar refractivity (Wildman–Crippen MR) is 67.9 cm³/mol. The largest absolute Gasteiger partial charge is 0.395 e. The van der Waals surface area contributed by atoms with Crippen molar-refractivity contribution < 1.29 is 4.79 Å². The van der Waals surface area contributed by atoms with Gasteiger partial charge in [0, 0.05) is 13.6 Å². The van der Waals surface area contributed by atoms with Crippen LogP contribution in [0.5, 0.6) is 0 Å². The smallest absolute Gasteiger partial charge is 0.271 e. The van der Waals surface area contributed by atoms with Crippen molar-refractivity contribution in [2.24, 2.45) is 7.05 Å². The van der Waals surface area contributed by atoms with Gasteiger partial charge in [0.15, 0.2) is 0 Å². The fraction of sp³-hybridized carbons (Fsp3) is 0.636. The normalized spacial score (nSPS) is 10.9. The van der Waals surface area contributed by atoms with Gasteiger partial charge in [0.1, 0.15) is 5.69 Å². The fourth-order valence-electron chi connectivity index (χ4n) is 1.62. The van der Waals surface area contributed by atoms with Crippen LogP contribution in [0.1, 0.15) is 22.6 Å². The number of anilines is 1. The van der Waals surface area contributed by atoms with E-state index in [2.05, 4.69) is 15.3 Å². The molecule has 17 heavy (non-hydrogen) atoms. The number of aromatic nitrogens is 2. The summed E-state index contributed by atoms with van der Waals surface area (Å²) in [6, 6.07) is 0. The first-order valence-corrected chi connectivity index (χ1v) is 5.65. The van der Waals surface area contributed by atoms with Crippen LogP contribution >= 0.6 is 0 Å². The summed E-state index contributed by atoms with van der Waals surface area (Å²) in [5.74, 6) is -0.163. The van der Waals surface area contributed by atoms with Crippen LogP contribution in [0.25, 0.3) is 0 Å². The van der Waals surface area contributed by atoms with E-state index in [9.17, 15) is 4.79 Å². The molecule has 0 fully saturated rings. The molecule has 0 atom stereocenters. The average Bonchev–Trinajstić information content (AvgIpc) is 2.48. The maximum absolute atomic E-state index is 11.9. The third-order valence-electron chi connectivity index (χ3n) is 2.55. The monoisotopic (exact) mass is 239 g/mol. The molecular weight excluding hydrogens is 218 g/mol. The molecule has 0 aliphatic rings. The molecule has 96 valence electrons. The summed E-state index contributed by atoms with van der Waals surface area (Å²) in [4.78, 5) is 14.0. The summed E-state index contributed by atoms with van der Waals surface area (Å²) in [5, 5.41) is 6.95. The SMILES string of the molecule is Cc1nn(C)c(C(=O)NCCCN(C)C)c1N. The average molecular weight is 239 g/mol. The summed E-state index contributed by atoms with van der Waals surface area (Å²) in [6.45, 7) is 3.37. The molecule has 0 aliphatic carbocycles. The number of hydrogen-bond donors (Lipinski definition) is 2. The molecule has 0 saturated carbocycles. The Bertz CT molecular complexity index is 397. The first kappa shape index (κ1) is 13.5. The minimum atomic E-state index is -0.163. The summed E-state index contributed by atoms with van der Waals surface area (Å²) >= 11 is 0. The Morgan fingerprint density at radius 1 is 1.53 bits per heavy atom. The van der Waals surface area contributed by atoms with Crippen molar-refractivity contribution in [3.05, 3.63) is 11.4 Å². The second-order valence-corrected chi connectivity index (χ2v) is 4.38. The Kier molecular flexibility index (Phi) is 4.51. The lowest BCUT2D eigenvalue weighted by atomic mass is 10.3. The second kappa shape index (κ2) is 5.67. The summed E-state index contributed by atoms with van der Waals surface area (Å²) < 4.78 is 1.52. The molecule has 1 amide bonds. The molecule has 6 heteroatoms. The van der Waals surface area contributed by atoms with Gasteiger partial charge in [-0.1, -0.05) is 0 Å². The third-order valence-corrected chi connectivity index (χ3v) is 2.55. The van der Waals surface area contributed by atoms with E-state index in [0.717, 1.165) is 13.0 Å². The molecule has 0 saturated heterocycles. The number of nitrogen functional groups attached to an aromatic ring is 1. The molecule has 6 nitrogen and oxygen atoms in total. The first-order valence-electron chi connectivity index (χ1n) is 5.65. The van der Waals surface area contributed by atoms with Gasteiger partial charge in [0.25, 0.3) is 5.91 Å². The highest BCUT2D eigenvalue weighted by Gasteiger charge is 2.17. The van der Waals surface area contributed by atoms with Crippen LogP contribution in [0, 0.1) is 6.92 Å². The number of hydrogen-bond acceptors (Lipinski definition) is 4. The van der Waals surface area contributed by atoms with Crippen LogP contribution in [0.15, 0.2) is 0 Å². The number of carbonyl (C=O) groups is 1. The zero-order valence-electron chi connectivity index (χ0n) is 10.9. The molecule has 0 aliphatic heterocycles. The Balaban J connectivity index is 2.53. The van der Waals surface area contributed by atoms with Crippen molar-refractivity contribution >= 4 is 11.6 Å². The quantitative estimate of drug-likeness (QED) is 0.709. The molecule has 0 unspecified atom stereocenters. The number of amides is 1. The Labute approximate surface area is 102 Å². The number of aryl methyl sites for hydroxylation is 2. The van der Waals surface area contributed by atoms with Gasteiger partial charge in [-0.3, -0.25) is 9.48 Å². The number of nitrogens with one attached hydrogen (secondary N) is 1. The number of carbonyl (C=O) groups excluding carboxylic acids is 1. The predicted octanol–water partition coefficient (Wildman–Crippen LogP) is -0.00778. The Morgan fingerprint density at radius 2 is 2.18 bits per heavy atom. The van der Waals surface area contributed by atoms with Gasteiger partial charge >= 0.3 is 0 Å². The Hall–Kier alpha value is -1.56. The van der Waals surface area contributed by atoms with Gasteiger partial charge in [0.2, 0.25) is 0 Å². The van der Waals surface area contributed by atoms with E-state index in [0.29, 0.717) is 23.6 Å². The lowest BCUT2D eigenvalue weighted by Crippen LogP contribution is -2.29. The van der Waals surface area contributed by atoms with Crippen molar-refractivity contribution in [1.29, 1.82) is 0 Å². The molecule has 3 N–H and O–H groups in total. The molecule has 1 aromatic rings. The highest BCUT2D eigenvalue weighted by atomic mass is 16.2. The maximum Gasteiger partial charge on any atom is 0.271 e. The van der Waals surface area contributed by atoms with Crippen LogP contribution < -0.4 is 11.1 Å². The lowest BCUT2D eigenvalue weighted by molar-refractivity contribution is 0.0944. The van der Waals surface area contributed by atoms with Crippen LogP contribution in [-0.2, 0) is 7.05 Å². The van der Waals surface area contributed by atoms with Crippen molar-refractivity contribution in [3.63, 3.8) is 0 Å². The van der Waals surface area contributed by atoms with Gasteiger partial charge in [-0.15, -0.1) is 0 Å². The van der Waals surface area contributed by atoms with Crippen molar-refractivity contribution in [3.8, 4) is 0 Å².